The number of carbonyl (C=O) groups excluding carboxylic acids is 1. The smallest absolute Gasteiger partial charge is 0.225 e. The second-order valence-corrected chi connectivity index (χ2v) is 4.50. The van der Waals surface area contributed by atoms with Gasteiger partial charge in [-0.25, -0.2) is 4.98 Å². The van der Waals surface area contributed by atoms with E-state index in [0.717, 1.165) is 5.75 Å². The average molecular weight is 270 g/mol. The third kappa shape index (κ3) is 5.88. The third-order valence-electron chi connectivity index (χ3n) is 2.09. The molecule has 0 spiro atoms. The SMILES string of the molecule is COCCOc1ccc(NC(=O)CCSC)cn1. The molecule has 0 saturated carbocycles. The number of ether oxygens (including phenoxy) is 2. The number of amides is 1. The molecule has 6 heteroatoms. The zero-order valence-corrected chi connectivity index (χ0v) is 11.5. The summed E-state index contributed by atoms with van der Waals surface area (Å²) < 4.78 is 10.2. The Balaban J connectivity index is 2.37. The van der Waals surface area contributed by atoms with Crippen LogP contribution in [-0.2, 0) is 9.53 Å². The van der Waals surface area contributed by atoms with Gasteiger partial charge in [0.2, 0.25) is 11.8 Å². The maximum Gasteiger partial charge on any atom is 0.225 e. The molecule has 0 aliphatic rings. The summed E-state index contributed by atoms with van der Waals surface area (Å²) in [6, 6.07) is 3.49. The van der Waals surface area contributed by atoms with Crippen LogP contribution in [0.3, 0.4) is 0 Å². The minimum atomic E-state index is -0.000739. The lowest BCUT2D eigenvalue weighted by molar-refractivity contribution is -0.115. The van der Waals surface area contributed by atoms with Crippen LogP contribution in [0.1, 0.15) is 6.42 Å². The predicted octanol–water partition coefficient (Wildman–Crippen LogP) is 1.80. The van der Waals surface area contributed by atoms with Crippen LogP contribution >= 0.6 is 11.8 Å². The van der Waals surface area contributed by atoms with E-state index >= 15 is 0 Å². The molecule has 0 radical (unpaired) electrons. The fourth-order valence-electron chi connectivity index (χ4n) is 1.19. The topological polar surface area (TPSA) is 60.5 Å². The van der Waals surface area contributed by atoms with Crippen molar-refractivity contribution < 1.29 is 14.3 Å². The van der Waals surface area contributed by atoms with Crippen LogP contribution in [0, 0.1) is 0 Å². The molecule has 1 amide bonds. The van der Waals surface area contributed by atoms with Crippen molar-refractivity contribution in [1.82, 2.24) is 4.98 Å². The number of aromatic nitrogens is 1. The van der Waals surface area contributed by atoms with E-state index in [1.807, 2.05) is 6.26 Å². The molecule has 1 aromatic heterocycles. The summed E-state index contributed by atoms with van der Waals surface area (Å²) in [6.07, 6.45) is 4.06. The number of methoxy groups -OCH3 is 1. The zero-order chi connectivity index (χ0) is 13.2. The number of thioether (sulfide) groups is 1. The highest BCUT2D eigenvalue weighted by molar-refractivity contribution is 7.98. The fourth-order valence-corrected chi connectivity index (χ4v) is 1.58. The minimum absolute atomic E-state index is 0.000739. The van der Waals surface area contributed by atoms with Gasteiger partial charge in [-0.05, 0) is 12.3 Å². The van der Waals surface area contributed by atoms with Crippen LogP contribution in [0.5, 0.6) is 5.88 Å². The number of hydrogen-bond donors (Lipinski definition) is 1. The van der Waals surface area contributed by atoms with Crippen LogP contribution in [-0.4, -0.2) is 43.2 Å². The lowest BCUT2D eigenvalue weighted by atomic mass is 10.4. The van der Waals surface area contributed by atoms with Gasteiger partial charge >= 0.3 is 0 Å². The van der Waals surface area contributed by atoms with Crippen LogP contribution in [0.2, 0.25) is 0 Å². The van der Waals surface area contributed by atoms with E-state index in [9.17, 15) is 4.79 Å². The van der Waals surface area contributed by atoms with E-state index < -0.39 is 0 Å². The van der Waals surface area contributed by atoms with Gasteiger partial charge in [-0.2, -0.15) is 11.8 Å². The molecule has 0 aliphatic carbocycles. The molecule has 1 rings (SSSR count). The number of carbonyl (C=O) groups is 1. The van der Waals surface area contributed by atoms with Gasteiger partial charge in [0.05, 0.1) is 18.5 Å². The van der Waals surface area contributed by atoms with E-state index in [1.54, 1.807) is 37.2 Å². The first-order valence-corrected chi connectivity index (χ1v) is 7.02. The fraction of sp³-hybridized carbons (Fsp3) is 0.500. The molecule has 1 N–H and O–H groups in total. The Labute approximate surface area is 111 Å². The Hall–Kier alpha value is -1.27. The molecule has 0 fully saturated rings. The molecule has 0 atom stereocenters. The zero-order valence-electron chi connectivity index (χ0n) is 10.6. The normalized spacial score (nSPS) is 10.1. The van der Waals surface area contributed by atoms with E-state index in [-0.39, 0.29) is 5.91 Å². The highest BCUT2D eigenvalue weighted by Crippen LogP contribution is 2.12. The summed E-state index contributed by atoms with van der Waals surface area (Å²) in [5.74, 6) is 1.34. The molecule has 0 unspecified atom stereocenters. The quantitative estimate of drug-likeness (QED) is 0.730. The Bertz CT molecular complexity index is 357. The van der Waals surface area contributed by atoms with Gasteiger partial charge in [-0.1, -0.05) is 0 Å². The molecule has 0 aromatic carbocycles. The maximum absolute atomic E-state index is 11.5. The Kier molecular flexibility index (Phi) is 7.20. The summed E-state index contributed by atoms with van der Waals surface area (Å²) in [5, 5.41) is 2.78. The number of anilines is 1. The van der Waals surface area contributed by atoms with Crippen molar-refractivity contribution in [1.29, 1.82) is 0 Å². The van der Waals surface area contributed by atoms with E-state index in [4.69, 9.17) is 9.47 Å². The molecule has 5 nitrogen and oxygen atoms in total. The highest BCUT2D eigenvalue weighted by atomic mass is 32.2. The molecule has 0 bridgehead atoms. The molecular weight excluding hydrogens is 252 g/mol. The van der Waals surface area contributed by atoms with E-state index in [2.05, 4.69) is 10.3 Å². The average Bonchev–Trinajstić information content (AvgIpc) is 2.39. The van der Waals surface area contributed by atoms with Crippen molar-refractivity contribution in [2.45, 2.75) is 6.42 Å². The largest absolute Gasteiger partial charge is 0.475 e. The van der Waals surface area contributed by atoms with E-state index in [0.29, 0.717) is 31.2 Å². The first kappa shape index (κ1) is 14.8. The number of pyridine rings is 1. The van der Waals surface area contributed by atoms with Crippen molar-refractivity contribution >= 4 is 23.4 Å². The first-order chi connectivity index (χ1) is 8.76. The Morgan fingerprint density at radius 3 is 2.89 bits per heavy atom. The summed E-state index contributed by atoms with van der Waals surface area (Å²) in [6.45, 7) is 0.984. The monoisotopic (exact) mass is 270 g/mol. The predicted molar refractivity (Wildman–Crippen MR) is 73.2 cm³/mol. The minimum Gasteiger partial charge on any atom is -0.475 e. The van der Waals surface area contributed by atoms with Gasteiger partial charge in [0.25, 0.3) is 0 Å². The maximum atomic E-state index is 11.5. The molecular formula is C12H18N2O3S. The standard InChI is InChI=1S/C12H18N2O3S/c1-16-6-7-17-12-4-3-10(9-13-12)14-11(15)5-8-18-2/h3-4,9H,5-8H2,1-2H3,(H,14,15). The van der Waals surface area contributed by atoms with Crippen LogP contribution in [0.15, 0.2) is 18.3 Å². The van der Waals surface area contributed by atoms with Gasteiger partial charge in [0.15, 0.2) is 0 Å². The van der Waals surface area contributed by atoms with Gasteiger partial charge in [0.1, 0.15) is 6.61 Å². The van der Waals surface area contributed by atoms with Crippen LogP contribution in [0.4, 0.5) is 5.69 Å². The van der Waals surface area contributed by atoms with Crippen molar-refractivity contribution in [3.05, 3.63) is 18.3 Å². The van der Waals surface area contributed by atoms with Crippen molar-refractivity contribution in [3.8, 4) is 5.88 Å². The molecule has 100 valence electrons. The summed E-state index contributed by atoms with van der Waals surface area (Å²) in [7, 11) is 1.62. The number of hydrogen-bond acceptors (Lipinski definition) is 5. The lowest BCUT2D eigenvalue weighted by Gasteiger charge is -2.06. The second-order valence-electron chi connectivity index (χ2n) is 3.52. The molecule has 0 saturated heterocycles. The summed E-state index contributed by atoms with van der Waals surface area (Å²) in [5.41, 5.74) is 0.681. The molecule has 18 heavy (non-hydrogen) atoms. The van der Waals surface area contributed by atoms with Crippen molar-refractivity contribution in [2.24, 2.45) is 0 Å². The van der Waals surface area contributed by atoms with Crippen molar-refractivity contribution in [3.63, 3.8) is 0 Å². The molecule has 1 aromatic rings. The second kappa shape index (κ2) is 8.77. The highest BCUT2D eigenvalue weighted by Gasteiger charge is 2.02. The Morgan fingerprint density at radius 2 is 2.28 bits per heavy atom. The van der Waals surface area contributed by atoms with Gasteiger partial charge in [0, 0.05) is 25.3 Å². The van der Waals surface area contributed by atoms with Crippen LogP contribution in [0.25, 0.3) is 0 Å². The summed E-state index contributed by atoms with van der Waals surface area (Å²) >= 11 is 1.65. The first-order valence-electron chi connectivity index (χ1n) is 5.63. The summed E-state index contributed by atoms with van der Waals surface area (Å²) in [4.78, 5) is 15.6. The van der Waals surface area contributed by atoms with Gasteiger partial charge in [-0.15, -0.1) is 0 Å². The molecule has 1 heterocycles. The third-order valence-corrected chi connectivity index (χ3v) is 2.70. The van der Waals surface area contributed by atoms with Gasteiger partial charge in [-0.3, -0.25) is 4.79 Å². The number of nitrogens with zero attached hydrogens (tertiary/aromatic N) is 1. The van der Waals surface area contributed by atoms with Gasteiger partial charge < -0.3 is 14.8 Å². The van der Waals surface area contributed by atoms with Crippen LogP contribution < -0.4 is 10.1 Å². The molecule has 0 aliphatic heterocycles. The lowest BCUT2D eigenvalue weighted by Crippen LogP contribution is -2.12. The van der Waals surface area contributed by atoms with Crippen molar-refractivity contribution in [2.75, 3.05) is 37.6 Å². The number of nitrogens with one attached hydrogen (secondary N) is 1. The van der Waals surface area contributed by atoms with E-state index in [1.165, 1.54) is 0 Å². The number of rotatable bonds is 8. The Morgan fingerprint density at radius 1 is 1.44 bits per heavy atom.